The molecule has 1 aliphatic heterocycles. The number of hydrogen-bond donors (Lipinski definition) is 1. The van der Waals surface area contributed by atoms with Gasteiger partial charge in [0.05, 0.1) is 11.1 Å². The third-order valence-electron chi connectivity index (χ3n) is 5.19. The number of amides is 2. The molecule has 2 aromatic heterocycles. The van der Waals surface area contributed by atoms with E-state index in [-0.39, 0.29) is 23.0 Å². The molecule has 0 aliphatic carbocycles. The second-order valence-corrected chi connectivity index (χ2v) is 6.93. The molecule has 6 nitrogen and oxygen atoms in total. The van der Waals surface area contributed by atoms with Gasteiger partial charge in [-0.25, -0.2) is 4.39 Å². The summed E-state index contributed by atoms with van der Waals surface area (Å²) in [6, 6.07) is 9.55. The normalized spacial score (nSPS) is 15.0. The first-order valence-electron chi connectivity index (χ1n) is 9.12. The monoisotopic (exact) mass is 378 g/mol. The van der Waals surface area contributed by atoms with Crippen molar-refractivity contribution in [1.29, 1.82) is 0 Å². The van der Waals surface area contributed by atoms with Crippen LogP contribution in [-0.4, -0.2) is 39.8 Å². The van der Waals surface area contributed by atoms with E-state index in [9.17, 15) is 14.0 Å². The number of carbonyl (C=O) groups excluding carboxylic acids is 2. The third-order valence-corrected chi connectivity index (χ3v) is 5.19. The number of carbonyl (C=O) groups is 2. The first-order chi connectivity index (χ1) is 13.5. The van der Waals surface area contributed by atoms with Gasteiger partial charge in [0, 0.05) is 48.0 Å². The number of pyridine rings is 2. The molecule has 0 unspecified atom stereocenters. The first-order valence-corrected chi connectivity index (χ1v) is 9.12. The molecule has 0 bridgehead atoms. The summed E-state index contributed by atoms with van der Waals surface area (Å²) in [7, 11) is 0. The molecule has 1 saturated heterocycles. The zero-order chi connectivity index (χ0) is 19.7. The van der Waals surface area contributed by atoms with Gasteiger partial charge < -0.3 is 10.6 Å². The molecule has 2 amide bonds. The Bertz CT molecular complexity index is 1060. The minimum Gasteiger partial charge on any atom is -0.366 e. The average molecular weight is 378 g/mol. The van der Waals surface area contributed by atoms with E-state index in [1.807, 2.05) is 24.4 Å². The fourth-order valence-corrected chi connectivity index (χ4v) is 3.59. The van der Waals surface area contributed by atoms with Gasteiger partial charge in [0.1, 0.15) is 5.82 Å². The predicted octanol–water partition coefficient (Wildman–Crippen LogP) is 2.89. The lowest BCUT2D eigenvalue weighted by Gasteiger charge is -2.32. The maximum atomic E-state index is 14.2. The van der Waals surface area contributed by atoms with Gasteiger partial charge in [0.2, 0.25) is 5.91 Å². The molecule has 1 aliphatic rings. The Kier molecular flexibility index (Phi) is 4.73. The van der Waals surface area contributed by atoms with E-state index in [2.05, 4.69) is 9.97 Å². The van der Waals surface area contributed by atoms with Crippen molar-refractivity contribution in [3.63, 3.8) is 0 Å². The highest BCUT2D eigenvalue weighted by Crippen LogP contribution is 2.29. The summed E-state index contributed by atoms with van der Waals surface area (Å²) in [5.41, 5.74) is 7.02. The number of likely N-dealkylation sites (tertiary alicyclic amines) is 1. The highest BCUT2D eigenvalue weighted by atomic mass is 19.1. The molecular weight excluding hydrogens is 359 g/mol. The average Bonchev–Trinajstić information content (AvgIpc) is 2.73. The van der Waals surface area contributed by atoms with E-state index in [0.717, 1.165) is 35.5 Å². The highest BCUT2D eigenvalue weighted by molar-refractivity contribution is 5.97. The Morgan fingerprint density at radius 1 is 1.11 bits per heavy atom. The number of piperidine rings is 1. The Hall–Kier alpha value is -3.35. The highest BCUT2D eigenvalue weighted by Gasteiger charge is 2.27. The molecular formula is C21H19FN4O2. The van der Waals surface area contributed by atoms with Crippen molar-refractivity contribution in [2.45, 2.75) is 18.8 Å². The summed E-state index contributed by atoms with van der Waals surface area (Å²) in [6.07, 6.45) is 5.08. The van der Waals surface area contributed by atoms with Gasteiger partial charge in [-0.05, 0) is 49.2 Å². The molecule has 3 heterocycles. The maximum Gasteiger partial charge on any atom is 0.256 e. The predicted molar refractivity (Wildman–Crippen MR) is 102 cm³/mol. The Morgan fingerprint density at radius 2 is 1.89 bits per heavy atom. The van der Waals surface area contributed by atoms with Crippen LogP contribution < -0.4 is 5.73 Å². The zero-order valence-electron chi connectivity index (χ0n) is 15.1. The Morgan fingerprint density at radius 3 is 2.61 bits per heavy atom. The number of aromatic nitrogens is 2. The van der Waals surface area contributed by atoms with Gasteiger partial charge >= 0.3 is 0 Å². The zero-order valence-corrected chi connectivity index (χ0v) is 15.1. The number of rotatable bonds is 3. The smallest absolute Gasteiger partial charge is 0.256 e. The molecule has 1 fully saturated rings. The van der Waals surface area contributed by atoms with Crippen LogP contribution in [0.4, 0.5) is 4.39 Å². The quantitative estimate of drug-likeness (QED) is 0.759. The van der Waals surface area contributed by atoms with Crippen molar-refractivity contribution >= 4 is 22.7 Å². The van der Waals surface area contributed by atoms with Crippen LogP contribution in [0, 0.1) is 5.82 Å². The summed E-state index contributed by atoms with van der Waals surface area (Å²) in [4.78, 5) is 34.4. The van der Waals surface area contributed by atoms with E-state index in [1.54, 1.807) is 11.1 Å². The molecule has 7 heteroatoms. The molecule has 0 radical (unpaired) electrons. The number of benzene rings is 1. The lowest BCUT2D eigenvalue weighted by Crippen LogP contribution is -2.38. The van der Waals surface area contributed by atoms with E-state index in [1.165, 1.54) is 12.1 Å². The van der Waals surface area contributed by atoms with Gasteiger partial charge in [-0.3, -0.25) is 19.6 Å². The molecule has 0 atom stereocenters. The third kappa shape index (κ3) is 3.43. The van der Waals surface area contributed by atoms with Crippen LogP contribution in [0.5, 0.6) is 0 Å². The number of fused-ring (bicyclic) bond motifs is 1. The number of primary amides is 1. The number of hydrogen-bond acceptors (Lipinski definition) is 4. The standard InChI is InChI=1S/C21H19FN4O2/c22-17-10-14(20(23)27)3-4-16(17)21(28)26-8-5-13(6-9-26)18-11-19-15(12-25-18)2-1-7-24-19/h1-4,7,10-13H,5-6,8-9H2,(H2,23,27). The molecule has 4 rings (SSSR count). The van der Waals surface area contributed by atoms with Gasteiger partial charge in [0.25, 0.3) is 5.91 Å². The lowest BCUT2D eigenvalue weighted by molar-refractivity contribution is 0.0707. The van der Waals surface area contributed by atoms with E-state index >= 15 is 0 Å². The van der Waals surface area contributed by atoms with Crippen molar-refractivity contribution in [3.8, 4) is 0 Å². The van der Waals surface area contributed by atoms with Crippen LogP contribution in [0.15, 0.2) is 48.8 Å². The summed E-state index contributed by atoms with van der Waals surface area (Å²) in [5, 5.41) is 0.994. The van der Waals surface area contributed by atoms with Crippen LogP contribution >= 0.6 is 0 Å². The Balaban J connectivity index is 1.46. The molecule has 2 N–H and O–H groups in total. The fourth-order valence-electron chi connectivity index (χ4n) is 3.59. The van der Waals surface area contributed by atoms with Crippen LogP contribution in [0.25, 0.3) is 10.9 Å². The molecule has 1 aromatic carbocycles. The van der Waals surface area contributed by atoms with Crippen LogP contribution in [0.3, 0.4) is 0 Å². The minimum absolute atomic E-state index is 0.0449. The minimum atomic E-state index is -0.731. The largest absolute Gasteiger partial charge is 0.366 e. The van der Waals surface area contributed by atoms with Crippen LogP contribution in [0.2, 0.25) is 0 Å². The topological polar surface area (TPSA) is 89.2 Å². The fraction of sp³-hybridized carbons (Fsp3) is 0.238. The number of nitrogens with zero attached hydrogens (tertiary/aromatic N) is 3. The van der Waals surface area contributed by atoms with Crippen LogP contribution in [0.1, 0.15) is 45.2 Å². The molecule has 28 heavy (non-hydrogen) atoms. The molecule has 3 aromatic rings. The van der Waals surface area contributed by atoms with Gasteiger partial charge in [-0.15, -0.1) is 0 Å². The second-order valence-electron chi connectivity index (χ2n) is 6.93. The van der Waals surface area contributed by atoms with Gasteiger partial charge in [0.15, 0.2) is 0 Å². The summed E-state index contributed by atoms with van der Waals surface area (Å²) < 4.78 is 14.2. The van der Waals surface area contributed by atoms with Crippen molar-refractivity contribution in [2.75, 3.05) is 13.1 Å². The first kappa shape index (κ1) is 18.0. The summed E-state index contributed by atoms with van der Waals surface area (Å²) in [5.74, 6) is -1.60. The van der Waals surface area contributed by atoms with Crippen molar-refractivity contribution in [1.82, 2.24) is 14.9 Å². The SMILES string of the molecule is NC(=O)c1ccc(C(=O)N2CCC(c3cc4ncccc4cn3)CC2)c(F)c1. The van der Waals surface area contributed by atoms with E-state index in [0.29, 0.717) is 13.1 Å². The van der Waals surface area contributed by atoms with Crippen molar-refractivity contribution in [3.05, 3.63) is 71.4 Å². The van der Waals surface area contributed by atoms with E-state index in [4.69, 9.17) is 5.73 Å². The summed E-state index contributed by atoms with van der Waals surface area (Å²) in [6.45, 7) is 1.03. The Labute approximate surface area is 161 Å². The van der Waals surface area contributed by atoms with Gasteiger partial charge in [-0.2, -0.15) is 0 Å². The van der Waals surface area contributed by atoms with Crippen molar-refractivity contribution < 1.29 is 14.0 Å². The lowest BCUT2D eigenvalue weighted by atomic mass is 9.92. The molecule has 0 spiro atoms. The second kappa shape index (κ2) is 7.34. The maximum absolute atomic E-state index is 14.2. The number of halogens is 1. The van der Waals surface area contributed by atoms with E-state index < -0.39 is 11.7 Å². The molecule has 142 valence electrons. The number of nitrogens with two attached hydrogens (primary N) is 1. The van der Waals surface area contributed by atoms with Crippen LogP contribution in [-0.2, 0) is 0 Å². The van der Waals surface area contributed by atoms with Gasteiger partial charge in [-0.1, -0.05) is 0 Å². The summed E-state index contributed by atoms with van der Waals surface area (Å²) >= 11 is 0. The molecule has 0 saturated carbocycles. The van der Waals surface area contributed by atoms with Crippen molar-refractivity contribution in [2.24, 2.45) is 5.73 Å².